The summed E-state index contributed by atoms with van der Waals surface area (Å²) in [5, 5.41) is 8.90. The maximum atomic E-state index is 10.5. The molecule has 1 rings (SSSR count). The molecule has 2 nitrogen and oxygen atoms in total. The van der Waals surface area contributed by atoms with Crippen molar-refractivity contribution < 1.29 is 12.6 Å². The molecule has 0 saturated heterocycles. The molecule has 0 aliphatic heterocycles. The number of rotatable bonds is 1. The minimum absolute atomic E-state index is 0.0282. The first kappa shape index (κ1) is 3.62. The highest BCUT2D eigenvalue weighted by Crippen LogP contribution is 2.36. The smallest absolute Gasteiger partial charge is 0.134 e. The molecule has 0 heterocycles. The van der Waals surface area contributed by atoms with E-state index in [1.807, 2.05) is 0 Å². The van der Waals surface area contributed by atoms with Crippen molar-refractivity contribution in [3.63, 3.8) is 0 Å². The highest BCUT2D eigenvalue weighted by atomic mass is 16.3. The van der Waals surface area contributed by atoms with Gasteiger partial charge in [-0.05, 0) is 0 Å². The van der Waals surface area contributed by atoms with Gasteiger partial charge in [-0.1, -0.05) is 6.92 Å². The van der Waals surface area contributed by atoms with Crippen molar-refractivity contribution in [3.8, 4) is 0 Å². The van der Waals surface area contributed by atoms with E-state index < -0.39 is 12.0 Å². The summed E-state index contributed by atoms with van der Waals surface area (Å²) in [6.07, 6.45) is 0.326. The topological polar surface area (TPSA) is 37.3 Å². The monoisotopic (exact) mass is 116 g/mol. The summed E-state index contributed by atoms with van der Waals surface area (Å²) in [5.74, 6) is 0.0282. The van der Waals surface area contributed by atoms with E-state index in [0.29, 0.717) is 0 Å². The van der Waals surface area contributed by atoms with Crippen LogP contribution in [0.4, 0.5) is 0 Å². The van der Waals surface area contributed by atoms with Crippen LogP contribution in [0, 0.1) is 5.41 Å². The van der Waals surface area contributed by atoms with Crippen LogP contribution in [0.5, 0.6) is 0 Å². The lowest BCUT2D eigenvalue weighted by Gasteiger charge is -2.34. The van der Waals surface area contributed by atoms with Crippen LogP contribution in [0.2, 0.25) is 0 Å². The zero-order valence-electron chi connectivity index (χ0n) is 6.77. The van der Waals surface area contributed by atoms with Gasteiger partial charge in [0.25, 0.3) is 0 Å². The molecule has 0 spiro atoms. The third-order valence-corrected chi connectivity index (χ3v) is 1.44. The van der Waals surface area contributed by atoms with Crippen molar-refractivity contribution in [3.05, 3.63) is 0 Å². The number of hydrogen-bond donors (Lipinski definition) is 1. The van der Waals surface area contributed by atoms with E-state index in [9.17, 15) is 4.79 Å². The van der Waals surface area contributed by atoms with Crippen LogP contribution in [-0.4, -0.2) is 17.4 Å². The van der Waals surface area contributed by atoms with Crippen molar-refractivity contribution in [2.45, 2.75) is 19.8 Å². The third-order valence-electron chi connectivity index (χ3n) is 1.44. The predicted octanol–water partition coefficient (Wildman–Crippen LogP) is 0.348. The van der Waals surface area contributed by atoms with Gasteiger partial charge in [0.1, 0.15) is 5.78 Å². The van der Waals surface area contributed by atoms with Crippen LogP contribution in [0.3, 0.4) is 0 Å². The Morgan fingerprint density at radius 1 is 2.00 bits per heavy atom. The van der Waals surface area contributed by atoms with E-state index in [4.69, 9.17) is 7.85 Å². The van der Waals surface area contributed by atoms with Gasteiger partial charge in [0.15, 0.2) is 0 Å². The van der Waals surface area contributed by atoms with Gasteiger partial charge < -0.3 is 5.11 Å². The van der Waals surface area contributed by atoms with Gasteiger partial charge in [-0.2, -0.15) is 0 Å². The third kappa shape index (κ3) is 0.757. The summed E-state index contributed by atoms with van der Waals surface area (Å²) in [6.45, 7) is -0.630. The average Bonchev–Trinajstić information content (AvgIpc) is 1.58. The van der Waals surface area contributed by atoms with Gasteiger partial charge in [0, 0.05) is 24.8 Å². The van der Waals surface area contributed by atoms with Crippen LogP contribution in [0.15, 0.2) is 0 Å². The summed E-state index contributed by atoms with van der Waals surface area (Å²) in [7, 11) is 0. The Labute approximate surface area is 51.3 Å². The predicted molar refractivity (Wildman–Crippen MR) is 29.4 cm³/mol. The number of carbonyl (C=O) groups excluding carboxylic acids is 1. The first-order valence-corrected chi connectivity index (χ1v) is 2.59. The molecule has 1 aliphatic carbocycles. The summed E-state index contributed by atoms with van der Waals surface area (Å²) in [4.78, 5) is 10.5. The summed E-state index contributed by atoms with van der Waals surface area (Å²) in [5.41, 5.74) is -0.829. The van der Waals surface area contributed by atoms with Gasteiger partial charge in [0.2, 0.25) is 0 Å². The highest BCUT2D eigenvalue weighted by molar-refractivity contribution is 5.85. The van der Waals surface area contributed by atoms with Gasteiger partial charge in [-0.15, -0.1) is 0 Å². The molecule has 0 amide bonds. The van der Waals surface area contributed by atoms with Crippen molar-refractivity contribution in [2.75, 3.05) is 6.56 Å². The maximum Gasteiger partial charge on any atom is 0.134 e. The van der Waals surface area contributed by atoms with Crippen molar-refractivity contribution >= 4 is 5.78 Å². The van der Waals surface area contributed by atoms with E-state index in [1.165, 1.54) is 0 Å². The second-order valence-electron chi connectivity index (χ2n) is 2.56. The van der Waals surface area contributed by atoms with Crippen molar-refractivity contribution in [2.24, 2.45) is 5.41 Å². The Balaban J connectivity index is 2.65. The summed E-state index contributed by atoms with van der Waals surface area (Å²) >= 11 is 0. The SMILES string of the molecule is [2H]C([2H])(O)C1(C)CC(=O)C1. The fourth-order valence-corrected chi connectivity index (χ4v) is 0.898. The first-order chi connectivity index (χ1) is 4.35. The zero-order valence-corrected chi connectivity index (χ0v) is 4.77. The largest absolute Gasteiger partial charge is 0.396 e. The summed E-state index contributed by atoms with van der Waals surface area (Å²) in [6, 6.07) is 0. The fourth-order valence-electron chi connectivity index (χ4n) is 0.898. The van der Waals surface area contributed by atoms with Crippen LogP contribution in [0.25, 0.3) is 0 Å². The van der Waals surface area contributed by atoms with Crippen LogP contribution >= 0.6 is 0 Å². The Morgan fingerprint density at radius 2 is 2.50 bits per heavy atom. The Hall–Kier alpha value is -0.370. The molecular weight excluding hydrogens is 104 g/mol. The van der Waals surface area contributed by atoms with E-state index in [2.05, 4.69) is 0 Å². The molecule has 2 heteroatoms. The van der Waals surface area contributed by atoms with Gasteiger partial charge in [-0.3, -0.25) is 4.79 Å². The first-order valence-electron chi connectivity index (χ1n) is 3.59. The molecule has 1 fully saturated rings. The molecule has 0 radical (unpaired) electrons. The van der Waals surface area contributed by atoms with Crippen LogP contribution in [-0.2, 0) is 4.79 Å². The number of Topliss-reactive ketones (excluding diaryl/α,β-unsaturated/α-hetero) is 1. The molecule has 0 unspecified atom stereocenters. The van der Waals surface area contributed by atoms with Gasteiger partial charge in [-0.25, -0.2) is 0 Å². The number of ketones is 1. The van der Waals surface area contributed by atoms with E-state index in [0.717, 1.165) is 0 Å². The number of hydrogen-bond acceptors (Lipinski definition) is 2. The second-order valence-corrected chi connectivity index (χ2v) is 2.56. The van der Waals surface area contributed by atoms with Crippen molar-refractivity contribution in [1.82, 2.24) is 0 Å². The number of aliphatic hydroxyl groups is 1. The minimum atomic E-state index is -2.21. The van der Waals surface area contributed by atoms with Crippen LogP contribution < -0.4 is 0 Å². The van der Waals surface area contributed by atoms with Gasteiger partial charge in [0.05, 0.1) is 2.74 Å². The van der Waals surface area contributed by atoms with E-state index in [1.54, 1.807) is 6.92 Å². The van der Waals surface area contributed by atoms with Crippen LogP contribution in [0.1, 0.15) is 22.5 Å². The maximum absolute atomic E-state index is 10.5. The molecule has 0 aromatic carbocycles. The Kier molecular flexibility index (Phi) is 0.702. The Bertz CT molecular complexity index is 163. The number of carbonyl (C=O) groups is 1. The standard InChI is InChI=1S/C6H10O2/c1-6(4-7)2-5(8)3-6/h7H,2-4H2,1H3/i4D2. The molecule has 1 saturated carbocycles. The zero-order chi connectivity index (χ0) is 7.99. The molecule has 8 heavy (non-hydrogen) atoms. The van der Waals surface area contributed by atoms with E-state index >= 15 is 0 Å². The molecule has 0 aromatic rings. The molecular formula is C6H10O2. The molecule has 1 aliphatic rings. The lowest BCUT2D eigenvalue weighted by molar-refractivity contribution is -0.134. The molecule has 0 bridgehead atoms. The lowest BCUT2D eigenvalue weighted by atomic mass is 9.70. The molecule has 1 N–H and O–H groups in total. The fraction of sp³-hybridized carbons (Fsp3) is 0.833. The van der Waals surface area contributed by atoms with Crippen molar-refractivity contribution in [1.29, 1.82) is 0 Å². The molecule has 0 atom stereocenters. The quantitative estimate of drug-likeness (QED) is 0.536. The van der Waals surface area contributed by atoms with E-state index in [-0.39, 0.29) is 18.6 Å². The lowest BCUT2D eigenvalue weighted by Crippen LogP contribution is -2.37. The summed E-state index contributed by atoms with van der Waals surface area (Å²) < 4.78 is 13.9. The normalized spacial score (nSPS) is 30.5. The molecule has 0 aromatic heterocycles. The second kappa shape index (κ2) is 1.55. The average molecular weight is 116 g/mol. The molecule has 46 valence electrons. The minimum Gasteiger partial charge on any atom is -0.396 e. The van der Waals surface area contributed by atoms with Gasteiger partial charge >= 0.3 is 0 Å². The Morgan fingerprint density at radius 3 is 2.62 bits per heavy atom. The highest BCUT2D eigenvalue weighted by Gasteiger charge is 2.38.